The van der Waals surface area contributed by atoms with Gasteiger partial charge in [-0.1, -0.05) is 49.6 Å². The molecular weight excluding hydrogens is 727 g/mol. The van der Waals surface area contributed by atoms with E-state index in [9.17, 15) is 37.5 Å². The van der Waals surface area contributed by atoms with Gasteiger partial charge in [-0.25, -0.2) is 8.42 Å². The van der Waals surface area contributed by atoms with Crippen LogP contribution in [0.1, 0.15) is 95.5 Å². The van der Waals surface area contributed by atoms with E-state index < -0.39 is 80.9 Å². The molecule has 1 aromatic carbocycles. The lowest BCUT2D eigenvalue weighted by molar-refractivity contribution is -0.156. The summed E-state index contributed by atoms with van der Waals surface area (Å²) in [6.07, 6.45) is 6.60. The van der Waals surface area contributed by atoms with Gasteiger partial charge >= 0.3 is 11.9 Å². The number of pyridine rings is 1. The number of carboxylic acid groups (broad SMARTS) is 1. The summed E-state index contributed by atoms with van der Waals surface area (Å²) in [5.41, 5.74) is 0.354. The van der Waals surface area contributed by atoms with E-state index in [2.05, 4.69) is 20.9 Å². The largest absolute Gasteiger partial charge is 0.481 e. The Labute approximate surface area is 324 Å². The predicted octanol–water partition coefficient (Wildman–Crippen LogP) is 3.30. The highest BCUT2D eigenvalue weighted by molar-refractivity contribution is 7.92. The van der Waals surface area contributed by atoms with Gasteiger partial charge in [0.05, 0.1) is 35.2 Å². The number of carbonyl (C=O) groups excluding carboxylic acids is 4. The van der Waals surface area contributed by atoms with Crippen molar-refractivity contribution < 1.29 is 42.2 Å². The fraction of sp³-hybridized carbons (Fsp3) is 0.600. The molecule has 2 unspecified atom stereocenters. The number of esters is 1. The van der Waals surface area contributed by atoms with Crippen molar-refractivity contribution in [2.24, 2.45) is 11.8 Å². The quantitative estimate of drug-likeness (QED) is 0.182. The molecule has 1 aromatic heterocycles. The van der Waals surface area contributed by atoms with Crippen molar-refractivity contribution in [2.75, 3.05) is 19.3 Å². The monoisotopic (exact) mass is 783 g/mol. The Bertz CT molecular complexity index is 1770. The highest BCUT2D eigenvalue weighted by atomic mass is 32.2. The van der Waals surface area contributed by atoms with E-state index in [1.54, 1.807) is 0 Å². The minimum Gasteiger partial charge on any atom is -0.481 e. The second-order valence-electron chi connectivity index (χ2n) is 16.5. The van der Waals surface area contributed by atoms with Crippen molar-refractivity contribution in [1.82, 2.24) is 25.8 Å². The van der Waals surface area contributed by atoms with Crippen molar-refractivity contribution in [3.8, 4) is 0 Å². The lowest BCUT2D eigenvalue weighted by Gasteiger charge is -2.47. The predicted molar refractivity (Wildman–Crippen MR) is 207 cm³/mol. The second-order valence-corrected chi connectivity index (χ2v) is 19.1. The number of sulfone groups is 1. The SMILES string of the molecule is CC(C)(C)NC(=O)[C@@H]1C[C@@H]2CCCCC2CN1C[C@@H](OC(=O)CCC(=O)O)C(Cc1ccccc1)NC(=O)[C@@H](NC(=O)c1cccnc1)C(C)(C)S(C)(=O)=O. The summed E-state index contributed by atoms with van der Waals surface area (Å²) in [4.78, 5) is 72.6. The minimum atomic E-state index is -3.97. The Morgan fingerprint density at radius 2 is 1.62 bits per heavy atom. The third kappa shape index (κ3) is 12.3. The molecule has 2 aliphatic rings. The van der Waals surface area contributed by atoms with Gasteiger partial charge in [-0.15, -0.1) is 0 Å². The first kappa shape index (κ1) is 43.4. The van der Waals surface area contributed by atoms with Gasteiger partial charge in [0.1, 0.15) is 12.1 Å². The van der Waals surface area contributed by atoms with Crippen LogP contribution in [-0.4, -0.2) is 107 Å². The molecule has 4 rings (SSSR count). The summed E-state index contributed by atoms with van der Waals surface area (Å²) in [6.45, 7) is 8.97. The molecule has 1 saturated carbocycles. The van der Waals surface area contributed by atoms with Crippen molar-refractivity contribution in [2.45, 2.75) is 121 Å². The van der Waals surface area contributed by atoms with Gasteiger partial charge < -0.3 is 25.8 Å². The lowest BCUT2D eigenvalue weighted by atomic mass is 9.72. The number of rotatable bonds is 16. The van der Waals surface area contributed by atoms with Crippen molar-refractivity contribution in [1.29, 1.82) is 0 Å². The highest BCUT2D eigenvalue weighted by Gasteiger charge is 2.47. The molecule has 0 radical (unpaired) electrons. The smallest absolute Gasteiger partial charge is 0.306 e. The molecule has 2 aromatic rings. The van der Waals surface area contributed by atoms with E-state index in [1.165, 1.54) is 38.4 Å². The zero-order chi connectivity index (χ0) is 40.6. The molecule has 4 N–H and O–H groups in total. The Hall–Kier alpha value is -4.37. The van der Waals surface area contributed by atoms with Gasteiger partial charge in [-0.2, -0.15) is 0 Å². The number of nitrogens with one attached hydrogen (secondary N) is 3. The molecule has 2 heterocycles. The van der Waals surface area contributed by atoms with E-state index in [-0.39, 0.29) is 24.4 Å². The molecule has 14 nitrogen and oxygen atoms in total. The molecule has 6 atom stereocenters. The van der Waals surface area contributed by atoms with Crippen molar-refractivity contribution >= 4 is 39.5 Å². The Morgan fingerprint density at radius 1 is 0.945 bits per heavy atom. The van der Waals surface area contributed by atoms with Gasteiger partial charge in [0, 0.05) is 37.3 Å². The van der Waals surface area contributed by atoms with Crippen molar-refractivity contribution in [3.05, 3.63) is 66.0 Å². The Morgan fingerprint density at radius 3 is 2.22 bits per heavy atom. The Kier molecular flexibility index (Phi) is 14.6. The number of ether oxygens (including phenoxy) is 1. The number of aliphatic carboxylic acids is 1. The van der Waals surface area contributed by atoms with E-state index in [4.69, 9.17) is 4.74 Å². The molecule has 3 amide bonds. The number of hydrogen-bond acceptors (Lipinski definition) is 10. The zero-order valence-electron chi connectivity index (χ0n) is 32.7. The van der Waals surface area contributed by atoms with E-state index in [1.807, 2.05) is 56.0 Å². The Balaban J connectivity index is 1.77. The number of fused-ring (bicyclic) bond motifs is 1. The fourth-order valence-electron chi connectivity index (χ4n) is 7.43. The maximum absolute atomic E-state index is 14.5. The number of benzene rings is 1. The van der Waals surface area contributed by atoms with Crippen LogP contribution in [-0.2, 0) is 40.2 Å². The molecule has 1 aliphatic carbocycles. The van der Waals surface area contributed by atoms with E-state index >= 15 is 0 Å². The number of piperidine rings is 1. The molecule has 15 heteroatoms. The van der Waals surface area contributed by atoms with Gasteiger partial charge in [-0.3, -0.25) is 33.9 Å². The van der Waals surface area contributed by atoms with Gasteiger partial charge in [-0.05, 0) is 83.4 Å². The molecule has 1 saturated heterocycles. The molecular formula is C40H57N5O9S. The number of hydrogen-bond donors (Lipinski definition) is 4. The average molecular weight is 784 g/mol. The summed E-state index contributed by atoms with van der Waals surface area (Å²) < 4.78 is 30.6. The number of nitrogens with zero attached hydrogens (tertiary/aromatic N) is 2. The number of carbonyl (C=O) groups is 5. The summed E-state index contributed by atoms with van der Waals surface area (Å²) in [7, 11) is -3.97. The maximum Gasteiger partial charge on any atom is 0.306 e. The van der Waals surface area contributed by atoms with Crippen LogP contribution in [0.5, 0.6) is 0 Å². The van der Waals surface area contributed by atoms with Crippen LogP contribution in [0, 0.1) is 11.8 Å². The summed E-state index contributed by atoms with van der Waals surface area (Å²) in [6, 6.07) is 8.95. The molecule has 55 heavy (non-hydrogen) atoms. The third-order valence-electron chi connectivity index (χ3n) is 10.7. The van der Waals surface area contributed by atoms with Crippen LogP contribution in [0.2, 0.25) is 0 Å². The van der Waals surface area contributed by atoms with Crippen LogP contribution in [0.3, 0.4) is 0 Å². The molecule has 302 valence electrons. The van der Waals surface area contributed by atoms with Crippen molar-refractivity contribution in [3.63, 3.8) is 0 Å². The summed E-state index contributed by atoms with van der Waals surface area (Å²) >= 11 is 0. The minimum absolute atomic E-state index is 0.0181. The molecule has 0 bridgehead atoms. The first-order valence-electron chi connectivity index (χ1n) is 19.0. The first-order chi connectivity index (χ1) is 25.7. The highest BCUT2D eigenvalue weighted by Crippen LogP contribution is 2.39. The maximum atomic E-state index is 14.5. The second kappa shape index (κ2) is 18.5. The van der Waals surface area contributed by atoms with Crippen LogP contribution >= 0.6 is 0 Å². The van der Waals surface area contributed by atoms with Crippen LogP contribution < -0.4 is 16.0 Å². The van der Waals surface area contributed by atoms with Gasteiger partial charge in [0.15, 0.2) is 9.84 Å². The average Bonchev–Trinajstić information content (AvgIpc) is 3.11. The molecule has 2 fully saturated rings. The summed E-state index contributed by atoms with van der Waals surface area (Å²) in [5.74, 6) is -3.06. The fourth-order valence-corrected chi connectivity index (χ4v) is 8.03. The van der Waals surface area contributed by atoms with Crippen LogP contribution in [0.4, 0.5) is 0 Å². The topological polar surface area (TPSA) is 201 Å². The normalized spacial score (nSPS) is 20.9. The van der Waals surface area contributed by atoms with Crippen LogP contribution in [0.25, 0.3) is 0 Å². The molecule has 1 aliphatic heterocycles. The van der Waals surface area contributed by atoms with E-state index in [0.717, 1.165) is 37.5 Å². The van der Waals surface area contributed by atoms with E-state index in [0.29, 0.717) is 24.8 Å². The standard InChI is InChI=1S/C40H57N5O9S/c1-39(2,3)44-37(50)31-22-27-15-10-11-16-29(27)24-45(31)25-32(54-34(48)19-18-33(46)47)30(21-26-13-8-7-9-14-26)42-38(51)35(40(4,5)55(6,52)53)43-36(49)28-17-12-20-41-23-28/h7-9,12-14,17,20,23,27,29-32,35H,10-11,15-16,18-19,21-22,24-25H2,1-6H3,(H,42,51)(H,43,49)(H,44,50)(H,46,47)/t27-,29?,30?,31-,32+,35+/m0/s1. The summed E-state index contributed by atoms with van der Waals surface area (Å²) in [5, 5.41) is 18.0. The third-order valence-corrected chi connectivity index (χ3v) is 12.9. The molecule has 0 spiro atoms. The number of aromatic nitrogens is 1. The number of carboxylic acids is 1. The van der Waals surface area contributed by atoms with Crippen LogP contribution in [0.15, 0.2) is 54.9 Å². The number of amides is 3. The lowest BCUT2D eigenvalue weighted by Crippen LogP contribution is -2.64. The van der Waals surface area contributed by atoms with Gasteiger partial charge in [0.2, 0.25) is 11.8 Å². The van der Waals surface area contributed by atoms with Gasteiger partial charge in [0.25, 0.3) is 5.91 Å². The zero-order valence-corrected chi connectivity index (χ0v) is 33.6. The first-order valence-corrected chi connectivity index (χ1v) is 20.9. The number of likely N-dealkylation sites (tertiary alicyclic amines) is 1.